The maximum absolute atomic E-state index is 12.1. The van der Waals surface area contributed by atoms with Crippen molar-refractivity contribution >= 4 is 5.91 Å². The Bertz CT molecular complexity index is 801. The molecule has 0 aliphatic rings. The minimum absolute atomic E-state index is 0.0636. The minimum atomic E-state index is -0.0636. The Labute approximate surface area is 148 Å². The molecule has 3 aromatic rings. The maximum atomic E-state index is 12.1. The molecule has 0 spiro atoms. The molecule has 0 aromatic heterocycles. The van der Waals surface area contributed by atoms with Gasteiger partial charge in [0.15, 0.2) is 0 Å². The molecule has 126 valence electrons. The standard InChI is InChI=1S/C22H21NO2/c24-22(21-12-5-2-6-13-21)23-15-19-10-7-11-20(14-19)17-25-16-18-8-3-1-4-9-18/h1-14H,15-17H2,(H,23,24). The first kappa shape index (κ1) is 16.9. The lowest BCUT2D eigenvalue weighted by Crippen LogP contribution is -2.22. The highest BCUT2D eigenvalue weighted by Gasteiger charge is 2.04. The molecule has 0 bridgehead atoms. The van der Waals surface area contributed by atoms with Crippen LogP contribution in [0.15, 0.2) is 84.9 Å². The van der Waals surface area contributed by atoms with E-state index < -0.39 is 0 Å². The van der Waals surface area contributed by atoms with Crippen molar-refractivity contribution in [3.05, 3.63) is 107 Å². The van der Waals surface area contributed by atoms with Crippen LogP contribution in [0.1, 0.15) is 27.0 Å². The molecule has 0 aliphatic heterocycles. The van der Waals surface area contributed by atoms with Crippen LogP contribution in [-0.4, -0.2) is 5.91 Å². The molecule has 0 radical (unpaired) electrons. The van der Waals surface area contributed by atoms with E-state index in [0.717, 1.165) is 16.7 Å². The first-order valence-corrected chi connectivity index (χ1v) is 8.34. The number of carbonyl (C=O) groups excluding carboxylic acids is 1. The lowest BCUT2D eigenvalue weighted by molar-refractivity contribution is 0.0951. The third-order valence-corrected chi connectivity index (χ3v) is 3.86. The van der Waals surface area contributed by atoms with E-state index in [-0.39, 0.29) is 5.91 Å². The van der Waals surface area contributed by atoms with Gasteiger partial charge in [0.25, 0.3) is 5.91 Å². The van der Waals surface area contributed by atoms with Crippen LogP contribution in [0.25, 0.3) is 0 Å². The van der Waals surface area contributed by atoms with Crippen molar-refractivity contribution in [2.75, 3.05) is 0 Å². The normalized spacial score (nSPS) is 10.4. The van der Waals surface area contributed by atoms with E-state index in [4.69, 9.17) is 4.74 Å². The fourth-order valence-electron chi connectivity index (χ4n) is 2.56. The lowest BCUT2D eigenvalue weighted by atomic mass is 10.1. The Hall–Kier alpha value is -2.91. The Morgan fingerprint density at radius 2 is 1.32 bits per heavy atom. The molecule has 0 heterocycles. The fraction of sp³-hybridized carbons (Fsp3) is 0.136. The molecule has 3 aromatic carbocycles. The van der Waals surface area contributed by atoms with Crippen LogP contribution in [0.2, 0.25) is 0 Å². The molecule has 0 atom stereocenters. The van der Waals surface area contributed by atoms with Gasteiger partial charge in [-0.15, -0.1) is 0 Å². The van der Waals surface area contributed by atoms with Crippen molar-refractivity contribution in [2.45, 2.75) is 19.8 Å². The number of carbonyl (C=O) groups is 1. The van der Waals surface area contributed by atoms with Gasteiger partial charge in [0.05, 0.1) is 13.2 Å². The van der Waals surface area contributed by atoms with Crippen LogP contribution in [0.4, 0.5) is 0 Å². The zero-order valence-electron chi connectivity index (χ0n) is 14.0. The molecule has 3 nitrogen and oxygen atoms in total. The summed E-state index contributed by atoms with van der Waals surface area (Å²) in [6.07, 6.45) is 0. The maximum Gasteiger partial charge on any atom is 0.251 e. The zero-order valence-corrected chi connectivity index (χ0v) is 14.0. The zero-order chi connectivity index (χ0) is 17.3. The first-order chi connectivity index (χ1) is 12.3. The van der Waals surface area contributed by atoms with E-state index in [0.29, 0.717) is 25.3 Å². The molecular formula is C22H21NO2. The third kappa shape index (κ3) is 5.30. The van der Waals surface area contributed by atoms with E-state index in [1.165, 1.54) is 0 Å². The second-order valence-corrected chi connectivity index (χ2v) is 5.85. The highest BCUT2D eigenvalue weighted by molar-refractivity contribution is 5.94. The number of benzene rings is 3. The Morgan fingerprint density at radius 1 is 0.720 bits per heavy atom. The molecule has 3 rings (SSSR count). The van der Waals surface area contributed by atoms with Gasteiger partial charge in [-0.25, -0.2) is 0 Å². The smallest absolute Gasteiger partial charge is 0.251 e. The number of nitrogens with one attached hydrogen (secondary N) is 1. The Kier molecular flexibility index (Phi) is 5.96. The lowest BCUT2D eigenvalue weighted by Gasteiger charge is -2.08. The van der Waals surface area contributed by atoms with Crippen LogP contribution in [-0.2, 0) is 24.5 Å². The molecule has 1 amide bonds. The van der Waals surface area contributed by atoms with Crippen LogP contribution >= 0.6 is 0 Å². The Morgan fingerprint density at radius 3 is 2.08 bits per heavy atom. The first-order valence-electron chi connectivity index (χ1n) is 8.34. The quantitative estimate of drug-likeness (QED) is 0.700. The van der Waals surface area contributed by atoms with Gasteiger partial charge in [0, 0.05) is 12.1 Å². The SMILES string of the molecule is O=C(NCc1cccc(COCc2ccccc2)c1)c1ccccc1. The molecule has 0 saturated heterocycles. The largest absolute Gasteiger partial charge is 0.372 e. The topological polar surface area (TPSA) is 38.3 Å². The van der Waals surface area contributed by atoms with Gasteiger partial charge in [-0.2, -0.15) is 0 Å². The molecule has 0 saturated carbocycles. The molecule has 1 N–H and O–H groups in total. The summed E-state index contributed by atoms with van der Waals surface area (Å²) in [6.45, 7) is 1.64. The molecule has 0 fully saturated rings. The number of hydrogen-bond donors (Lipinski definition) is 1. The van der Waals surface area contributed by atoms with Crippen molar-refractivity contribution in [3.8, 4) is 0 Å². The van der Waals surface area contributed by atoms with E-state index in [1.54, 1.807) is 0 Å². The van der Waals surface area contributed by atoms with Crippen LogP contribution in [0.3, 0.4) is 0 Å². The van der Waals surface area contributed by atoms with E-state index in [2.05, 4.69) is 23.5 Å². The van der Waals surface area contributed by atoms with Gasteiger partial charge in [-0.05, 0) is 28.8 Å². The van der Waals surface area contributed by atoms with Gasteiger partial charge in [0.1, 0.15) is 0 Å². The van der Waals surface area contributed by atoms with Crippen LogP contribution < -0.4 is 5.32 Å². The summed E-state index contributed by atoms with van der Waals surface area (Å²) in [7, 11) is 0. The van der Waals surface area contributed by atoms with Crippen molar-refractivity contribution in [1.82, 2.24) is 5.32 Å². The van der Waals surface area contributed by atoms with Crippen molar-refractivity contribution < 1.29 is 9.53 Å². The predicted octanol–water partition coefficient (Wildman–Crippen LogP) is 4.33. The molecule has 0 aliphatic carbocycles. The average Bonchev–Trinajstić information content (AvgIpc) is 2.68. The molecular weight excluding hydrogens is 310 g/mol. The number of amides is 1. The second-order valence-electron chi connectivity index (χ2n) is 5.85. The summed E-state index contributed by atoms with van der Waals surface area (Å²) in [5.41, 5.74) is 3.99. The molecule has 3 heteroatoms. The van der Waals surface area contributed by atoms with Crippen LogP contribution in [0, 0.1) is 0 Å². The fourth-order valence-corrected chi connectivity index (χ4v) is 2.56. The van der Waals surface area contributed by atoms with Gasteiger partial charge >= 0.3 is 0 Å². The highest BCUT2D eigenvalue weighted by atomic mass is 16.5. The van der Waals surface area contributed by atoms with Gasteiger partial charge in [0.2, 0.25) is 0 Å². The summed E-state index contributed by atoms with van der Waals surface area (Å²) in [5, 5.41) is 2.94. The van der Waals surface area contributed by atoms with E-state index in [9.17, 15) is 4.79 Å². The summed E-state index contributed by atoms with van der Waals surface area (Å²) < 4.78 is 5.77. The van der Waals surface area contributed by atoms with E-state index in [1.807, 2.05) is 66.7 Å². The van der Waals surface area contributed by atoms with Gasteiger partial charge < -0.3 is 10.1 Å². The monoisotopic (exact) mass is 331 g/mol. The third-order valence-electron chi connectivity index (χ3n) is 3.86. The number of ether oxygens (including phenoxy) is 1. The summed E-state index contributed by atoms with van der Waals surface area (Å²) in [6, 6.07) is 27.5. The van der Waals surface area contributed by atoms with Gasteiger partial charge in [-0.1, -0.05) is 72.8 Å². The molecule has 0 unspecified atom stereocenters. The van der Waals surface area contributed by atoms with Crippen LogP contribution in [0.5, 0.6) is 0 Å². The average molecular weight is 331 g/mol. The van der Waals surface area contributed by atoms with Crippen molar-refractivity contribution in [1.29, 1.82) is 0 Å². The second kappa shape index (κ2) is 8.81. The molecule has 25 heavy (non-hydrogen) atoms. The van der Waals surface area contributed by atoms with Crippen molar-refractivity contribution in [3.63, 3.8) is 0 Å². The predicted molar refractivity (Wildman–Crippen MR) is 99.0 cm³/mol. The number of hydrogen-bond acceptors (Lipinski definition) is 2. The minimum Gasteiger partial charge on any atom is -0.372 e. The number of rotatable bonds is 7. The highest BCUT2D eigenvalue weighted by Crippen LogP contribution is 2.09. The summed E-state index contributed by atoms with van der Waals surface area (Å²) in [4.78, 5) is 12.1. The van der Waals surface area contributed by atoms with Gasteiger partial charge in [-0.3, -0.25) is 4.79 Å². The van der Waals surface area contributed by atoms with E-state index >= 15 is 0 Å². The summed E-state index contributed by atoms with van der Waals surface area (Å²) >= 11 is 0. The Balaban J connectivity index is 1.50. The summed E-state index contributed by atoms with van der Waals surface area (Å²) in [5.74, 6) is -0.0636. The van der Waals surface area contributed by atoms with Crippen molar-refractivity contribution in [2.24, 2.45) is 0 Å².